The van der Waals surface area contributed by atoms with Gasteiger partial charge in [0, 0.05) is 8.41 Å². The zero-order chi connectivity index (χ0) is 4.12. The van der Waals surface area contributed by atoms with Crippen LogP contribution in [0.15, 0.2) is 0 Å². The van der Waals surface area contributed by atoms with Gasteiger partial charge in [0.25, 0.3) is 0 Å². The van der Waals surface area contributed by atoms with Crippen molar-refractivity contribution in [3.05, 3.63) is 0 Å². The molecule has 0 atom stereocenters. The maximum atomic E-state index is 2.17. The third kappa shape index (κ3) is 8.83. The Morgan fingerprint density at radius 3 is 1.50 bits per heavy atom. The van der Waals surface area contributed by atoms with Crippen LogP contribution in [-0.4, -0.2) is 19.9 Å². The highest BCUT2D eigenvalue weighted by Gasteiger charge is 1.67. The topological polar surface area (TPSA) is 0 Å². The first-order valence-electron chi connectivity index (χ1n) is 1.99. The van der Waals surface area contributed by atoms with E-state index in [1.165, 1.54) is 11.5 Å². The van der Waals surface area contributed by atoms with Gasteiger partial charge in [0.1, 0.15) is 0 Å². The van der Waals surface area contributed by atoms with Crippen LogP contribution in [0.3, 0.4) is 0 Å². The van der Waals surface area contributed by atoms with E-state index in [9.17, 15) is 0 Å². The first-order valence-corrected chi connectivity index (χ1v) is 3.15. The van der Waals surface area contributed by atoms with E-state index in [1.807, 2.05) is 11.8 Å². The molecule has 0 rings (SSSR count). The highest BCUT2D eigenvalue weighted by Crippen LogP contribution is 1.93. The molecule has 0 amide bonds. The third-order valence-electron chi connectivity index (χ3n) is 0.408. The minimum absolute atomic E-state index is 0. The molecular formula is C4H10BS. The van der Waals surface area contributed by atoms with Gasteiger partial charge in [-0.2, -0.15) is 11.8 Å². The lowest BCUT2D eigenvalue weighted by atomic mass is 10.8. The van der Waals surface area contributed by atoms with Crippen LogP contribution >= 0.6 is 11.8 Å². The normalized spacial score (nSPS) is 7.00. The summed E-state index contributed by atoms with van der Waals surface area (Å²) in [6.45, 7) is 4.35. The Kier molecular flexibility index (Phi) is 14.6. The molecule has 0 aromatic heterocycles. The molecule has 0 aromatic carbocycles. The van der Waals surface area contributed by atoms with E-state index in [4.69, 9.17) is 0 Å². The van der Waals surface area contributed by atoms with Crippen LogP contribution in [0, 0.1) is 0 Å². The van der Waals surface area contributed by atoms with Crippen molar-refractivity contribution in [1.82, 2.24) is 0 Å². The summed E-state index contributed by atoms with van der Waals surface area (Å²) in [5.41, 5.74) is 0. The summed E-state index contributed by atoms with van der Waals surface area (Å²) in [7, 11) is 0. The molecule has 0 saturated heterocycles. The molecule has 0 aliphatic heterocycles. The van der Waals surface area contributed by atoms with Gasteiger partial charge in [0.05, 0.1) is 0 Å². The average molecular weight is 101 g/mol. The van der Waals surface area contributed by atoms with Crippen molar-refractivity contribution in [2.45, 2.75) is 13.8 Å². The van der Waals surface area contributed by atoms with Crippen LogP contribution in [0.5, 0.6) is 0 Å². The van der Waals surface area contributed by atoms with Crippen molar-refractivity contribution >= 4 is 20.2 Å². The largest absolute Gasteiger partial charge is 0.163 e. The van der Waals surface area contributed by atoms with Gasteiger partial charge in [-0.25, -0.2) is 0 Å². The first kappa shape index (κ1) is 9.65. The molecule has 0 bridgehead atoms. The Hall–Kier alpha value is 0.415. The molecule has 0 saturated carbocycles. The van der Waals surface area contributed by atoms with E-state index in [0.717, 1.165) is 0 Å². The minimum Gasteiger partial charge on any atom is -0.163 e. The number of thioether (sulfide) groups is 1. The predicted molar refractivity (Wildman–Crippen MR) is 34.4 cm³/mol. The van der Waals surface area contributed by atoms with Crippen LogP contribution in [0.1, 0.15) is 13.8 Å². The smallest absolute Gasteiger partial charge is 0 e. The summed E-state index contributed by atoms with van der Waals surface area (Å²) in [4.78, 5) is 0. The van der Waals surface area contributed by atoms with Crippen molar-refractivity contribution < 1.29 is 0 Å². The molecule has 3 radical (unpaired) electrons. The van der Waals surface area contributed by atoms with Gasteiger partial charge < -0.3 is 0 Å². The zero-order valence-electron chi connectivity index (χ0n) is 4.40. The second kappa shape index (κ2) is 9.05. The Labute approximate surface area is 46.3 Å². The maximum absolute atomic E-state index is 2.17. The highest BCUT2D eigenvalue weighted by molar-refractivity contribution is 7.99. The van der Waals surface area contributed by atoms with Gasteiger partial charge >= 0.3 is 0 Å². The molecule has 0 fully saturated rings. The maximum Gasteiger partial charge on any atom is 0 e. The summed E-state index contributed by atoms with van der Waals surface area (Å²) >= 11 is 1.96. The Morgan fingerprint density at radius 1 is 1.17 bits per heavy atom. The molecular weight excluding hydrogens is 90.9 g/mol. The molecule has 0 heterocycles. The van der Waals surface area contributed by atoms with Crippen LogP contribution in [0.4, 0.5) is 0 Å². The van der Waals surface area contributed by atoms with E-state index in [0.29, 0.717) is 0 Å². The van der Waals surface area contributed by atoms with Gasteiger partial charge in [-0.05, 0) is 11.5 Å². The number of hydrogen-bond donors (Lipinski definition) is 0. The molecule has 2 heteroatoms. The van der Waals surface area contributed by atoms with Gasteiger partial charge in [-0.3, -0.25) is 0 Å². The average Bonchev–Trinajstić information content (AvgIpc) is 1.41. The first-order chi connectivity index (χ1) is 2.41. The van der Waals surface area contributed by atoms with Gasteiger partial charge in [0.15, 0.2) is 0 Å². The van der Waals surface area contributed by atoms with Crippen LogP contribution in [0.25, 0.3) is 0 Å². The molecule has 0 aliphatic rings. The standard InChI is InChI=1S/C4H10S.B/c1-3-5-4-2;/h3-4H2,1-2H3;. The molecule has 0 nitrogen and oxygen atoms in total. The molecule has 0 aliphatic carbocycles. The van der Waals surface area contributed by atoms with Crippen LogP contribution in [0.2, 0.25) is 0 Å². The van der Waals surface area contributed by atoms with E-state index >= 15 is 0 Å². The summed E-state index contributed by atoms with van der Waals surface area (Å²) in [6, 6.07) is 0. The summed E-state index contributed by atoms with van der Waals surface area (Å²) in [5.74, 6) is 2.52. The minimum atomic E-state index is 0. The molecule has 0 spiro atoms. The van der Waals surface area contributed by atoms with Crippen molar-refractivity contribution in [1.29, 1.82) is 0 Å². The monoisotopic (exact) mass is 101 g/mol. The van der Waals surface area contributed by atoms with E-state index < -0.39 is 0 Å². The Morgan fingerprint density at radius 2 is 1.50 bits per heavy atom. The second-order valence-corrected chi connectivity index (χ2v) is 2.34. The lowest BCUT2D eigenvalue weighted by Gasteiger charge is -1.80. The van der Waals surface area contributed by atoms with E-state index in [-0.39, 0.29) is 8.41 Å². The molecule has 0 unspecified atom stereocenters. The summed E-state index contributed by atoms with van der Waals surface area (Å²) < 4.78 is 0. The predicted octanol–water partition coefficient (Wildman–Crippen LogP) is 1.38. The summed E-state index contributed by atoms with van der Waals surface area (Å²) in [5, 5.41) is 0. The van der Waals surface area contributed by atoms with Gasteiger partial charge in [0.2, 0.25) is 0 Å². The van der Waals surface area contributed by atoms with E-state index in [2.05, 4.69) is 13.8 Å². The molecule has 6 heavy (non-hydrogen) atoms. The van der Waals surface area contributed by atoms with Crippen molar-refractivity contribution in [2.75, 3.05) is 11.5 Å². The van der Waals surface area contributed by atoms with Crippen LogP contribution < -0.4 is 0 Å². The Bertz CT molecular complexity index is 15.0. The SMILES string of the molecule is CCSCC.[B]. The fourth-order valence-electron chi connectivity index (χ4n) is 0.204. The lowest BCUT2D eigenvalue weighted by molar-refractivity contribution is 1.46. The summed E-state index contributed by atoms with van der Waals surface area (Å²) in [6.07, 6.45) is 0. The fourth-order valence-corrected chi connectivity index (χ4v) is 0.612. The molecule has 35 valence electrons. The third-order valence-corrected chi connectivity index (χ3v) is 1.22. The highest BCUT2D eigenvalue weighted by atomic mass is 32.2. The number of rotatable bonds is 2. The second-order valence-electron chi connectivity index (χ2n) is 0.781. The number of hydrogen-bond acceptors (Lipinski definition) is 1. The van der Waals surface area contributed by atoms with Crippen molar-refractivity contribution in [3.63, 3.8) is 0 Å². The van der Waals surface area contributed by atoms with Crippen LogP contribution in [-0.2, 0) is 0 Å². The zero-order valence-corrected chi connectivity index (χ0v) is 5.22. The van der Waals surface area contributed by atoms with Crippen molar-refractivity contribution in [3.8, 4) is 0 Å². The Balaban J connectivity index is 0. The van der Waals surface area contributed by atoms with E-state index in [1.54, 1.807) is 0 Å². The fraction of sp³-hybridized carbons (Fsp3) is 1.00. The van der Waals surface area contributed by atoms with Gasteiger partial charge in [-0.1, -0.05) is 13.8 Å². The quantitative estimate of drug-likeness (QED) is 0.473. The lowest BCUT2D eigenvalue weighted by Crippen LogP contribution is -1.64. The molecule has 0 N–H and O–H groups in total. The van der Waals surface area contributed by atoms with Gasteiger partial charge in [-0.15, -0.1) is 0 Å². The van der Waals surface area contributed by atoms with Crippen molar-refractivity contribution in [2.24, 2.45) is 0 Å². The molecule has 0 aromatic rings.